The molecule has 3 amide bonds. The van der Waals surface area contributed by atoms with E-state index in [9.17, 15) is 9.59 Å². The summed E-state index contributed by atoms with van der Waals surface area (Å²) in [5.74, 6) is 0.952. The molecule has 2 heterocycles. The van der Waals surface area contributed by atoms with Gasteiger partial charge >= 0.3 is 6.03 Å². The zero-order chi connectivity index (χ0) is 19.3. The molecule has 2 fully saturated rings. The number of likely N-dealkylation sites (tertiary alicyclic amines) is 1. The van der Waals surface area contributed by atoms with Crippen molar-refractivity contribution in [1.29, 1.82) is 0 Å². The maximum absolute atomic E-state index is 13.4. The van der Waals surface area contributed by atoms with Gasteiger partial charge in [-0.25, -0.2) is 4.79 Å². The summed E-state index contributed by atoms with van der Waals surface area (Å²) >= 11 is 0. The van der Waals surface area contributed by atoms with Crippen molar-refractivity contribution in [2.45, 2.75) is 37.8 Å². The lowest BCUT2D eigenvalue weighted by Crippen LogP contribution is -2.54. The first kappa shape index (κ1) is 18.5. The molecule has 1 aromatic carbocycles. The number of methoxy groups -OCH3 is 2. The lowest BCUT2D eigenvalue weighted by atomic mass is 9.81. The fraction of sp³-hybridized carbons (Fsp3) is 0.579. The van der Waals surface area contributed by atoms with Gasteiger partial charge in [0.2, 0.25) is 0 Å². The standard InChI is InChI=1S/C19H27N3O4/c1-18(2,3)22-16(23)19(20-17(22)24)11-21(4)10-15(19)12-7-13(25-5)9-14(8-12)26-6/h7-9,15H,10-11H2,1-6H3,(H,20,24)/t15-,19-/m0/s1. The molecule has 7 nitrogen and oxygen atoms in total. The Hall–Kier alpha value is -2.28. The molecule has 1 spiro atoms. The number of nitrogens with one attached hydrogen (secondary N) is 1. The van der Waals surface area contributed by atoms with Crippen molar-refractivity contribution in [3.05, 3.63) is 23.8 Å². The van der Waals surface area contributed by atoms with E-state index in [0.717, 1.165) is 5.56 Å². The van der Waals surface area contributed by atoms with Crippen molar-refractivity contribution in [3.8, 4) is 11.5 Å². The Morgan fingerprint density at radius 1 is 1.12 bits per heavy atom. The second-order valence-corrected chi connectivity index (χ2v) is 8.11. The molecule has 0 aliphatic carbocycles. The summed E-state index contributed by atoms with van der Waals surface area (Å²) in [4.78, 5) is 29.4. The Balaban J connectivity index is 2.08. The van der Waals surface area contributed by atoms with Gasteiger partial charge in [0.1, 0.15) is 17.0 Å². The molecule has 3 rings (SSSR count). The molecule has 2 saturated heterocycles. The zero-order valence-electron chi connectivity index (χ0n) is 16.3. The monoisotopic (exact) mass is 361 g/mol. The second-order valence-electron chi connectivity index (χ2n) is 8.11. The van der Waals surface area contributed by atoms with Gasteiger partial charge in [0.25, 0.3) is 5.91 Å². The van der Waals surface area contributed by atoms with Crippen LogP contribution in [-0.4, -0.2) is 67.2 Å². The van der Waals surface area contributed by atoms with Crippen molar-refractivity contribution >= 4 is 11.9 Å². The Labute approximate surface area is 154 Å². The van der Waals surface area contributed by atoms with Crippen LogP contribution in [0.3, 0.4) is 0 Å². The van der Waals surface area contributed by atoms with Crippen LogP contribution in [-0.2, 0) is 4.79 Å². The van der Waals surface area contributed by atoms with E-state index in [4.69, 9.17) is 9.47 Å². The smallest absolute Gasteiger partial charge is 0.325 e. The molecular formula is C19H27N3O4. The number of nitrogens with zero attached hydrogens (tertiary/aromatic N) is 2. The van der Waals surface area contributed by atoms with Crippen LogP contribution in [0.15, 0.2) is 18.2 Å². The van der Waals surface area contributed by atoms with E-state index >= 15 is 0 Å². The van der Waals surface area contributed by atoms with Gasteiger partial charge in [0.15, 0.2) is 0 Å². The molecule has 142 valence electrons. The number of urea groups is 1. The summed E-state index contributed by atoms with van der Waals surface area (Å²) in [6, 6.07) is 5.28. The fourth-order valence-corrected chi connectivity index (χ4v) is 4.03. The highest BCUT2D eigenvalue weighted by molar-refractivity contribution is 6.08. The highest BCUT2D eigenvalue weighted by Crippen LogP contribution is 2.43. The van der Waals surface area contributed by atoms with Crippen LogP contribution in [0.4, 0.5) is 4.79 Å². The van der Waals surface area contributed by atoms with Crippen molar-refractivity contribution in [2.75, 3.05) is 34.4 Å². The van der Waals surface area contributed by atoms with Crippen molar-refractivity contribution in [2.24, 2.45) is 0 Å². The van der Waals surface area contributed by atoms with Gasteiger partial charge in [-0.1, -0.05) is 0 Å². The number of benzene rings is 1. The summed E-state index contributed by atoms with van der Waals surface area (Å²) in [5.41, 5.74) is -0.645. The highest BCUT2D eigenvalue weighted by atomic mass is 16.5. The van der Waals surface area contributed by atoms with Crippen LogP contribution in [0.1, 0.15) is 32.3 Å². The van der Waals surface area contributed by atoms with Crippen LogP contribution in [0, 0.1) is 0 Å². The summed E-state index contributed by atoms with van der Waals surface area (Å²) in [6.45, 7) is 6.72. The van der Waals surface area contributed by atoms with E-state index < -0.39 is 11.1 Å². The van der Waals surface area contributed by atoms with E-state index in [-0.39, 0.29) is 17.9 Å². The third kappa shape index (κ3) is 2.80. The first-order chi connectivity index (χ1) is 12.1. The van der Waals surface area contributed by atoms with Crippen LogP contribution < -0.4 is 14.8 Å². The molecule has 0 saturated carbocycles. The Bertz CT molecular complexity index is 721. The molecule has 26 heavy (non-hydrogen) atoms. The minimum Gasteiger partial charge on any atom is -0.497 e. The van der Waals surface area contributed by atoms with Crippen molar-refractivity contribution in [1.82, 2.24) is 15.1 Å². The number of amides is 3. The molecule has 0 unspecified atom stereocenters. The third-order valence-corrected chi connectivity index (χ3v) is 5.17. The molecule has 2 aliphatic rings. The van der Waals surface area contributed by atoms with Gasteiger partial charge in [-0.05, 0) is 45.5 Å². The highest BCUT2D eigenvalue weighted by Gasteiger charge is 2.61. The van der Waals surface area contributed by atoms with Gasteiger partial charge in [-0.3, -0.25) is 9.69 Å². The number of hydrogen-bond donors (Lipinski definition) is 1. The minimum absolute atomic E-state index is 0.175. The summed E-state index contributed by atoms with van der Waals surface area (Å²) in [5, 5.41) is 3.00. The summed E-state index contributed by atoms with van der Waals surface area (Å²) < 4.78 is 10.8. The largest absolute Gasteiger partial charge is 0.497 e. The summed E-state index contributed by atoms with van der Waals surface area (Å²) in [6.07, 6.45) is 0. The zero-order valence-corrected chi connectivity index (χ0v) is 16.3. The van der Waals surface area contributed by atoms with E-state index in [1.165, 1.54) is 4.90 Å². The van der Waals surface area contributed by atoms with Gasteiger partial charge < -0.3 is 19.7 Å². The normalized spacial score (nSPS) is 26.5. The lowest BCUT2D eigenvalue weighted by molar-refractivity contribution is -0.134. The third-order valence-electron chi connectivity index (χ3n) is 5.17. The number of carbonyl (C=O) groups excluding carboxylic acids is 2. The molecule has 1 aromatic rings. The molecule has 7 heteroatoms. The molecule has 2 atom stereocenters. The predicted molar refractivity (Wildman–Crippen MR) is 97.6 cm³/mol. The lowest BCUT2D eigenvalue weighted by Gasteiger charge is -2.32. The SMILES string of the molecule is COc1cc(OC)cc([C@@H]2CN(C)C[C@]23NC(=O)N(C(C)(C)C)C3=O)c1. The number of likely N-dealkylation sites (N-methyl/N-ethyl adjacent to an activating group) is 1. The van der Waals surface area contributed by atoms with E-state index in [0.29, 0.717) is 24.6 Å². The summed E-state index contributed by atoms with van der Waals surface area (Å²) in [7, 11) is 5.15. The molecular weight excluding hydrogens is 334 g/mol. The average Bonchev–Trinajstić information content (AvgIpc) is 3.02. The average molecular weight is 361 g/mol. The topological polar surface area (TPSA) is 71.1 Å². The van der Waals surface area contributed by atoms with Crippen LogP contribution in [0.25, 0.3) is 0 Å². The molecule has 2 aliphatic heterocycles. The molecule has 1 N–H and O–H groups in total. The first-order valence-corrected chi connectivity index (χ1v) is 8.70. The number of ether oxygens (including phenoxy) is 2. The number of imide groups is 1. The number of carbonyl (C=O) groups is 2. The quantitative estimate of drug-likeness (QED) is 0.832. The van der Waals surface area contributed by atoms with E-state index in [1.54, 1.807) is 20.3 Å². The van der Waals surface area contributed by atoms with Gasteiger partial charge in [0.05, 0.1) is 14.2 Å². The van der Waals surface area contributed by atoms with Gasteiger partial charge in [0, 0.05) is 30.6 Å². The second kappa shape index (κ2) is 6.16. The molecule has 0 aromatic heterocycles. The maximum Gasteiger partial charge on any atom is 0.325 e. The Morgan fingerprint density at radius 2 is 1.69 bits per heavy atom. The van der Waals surface area contributed by atoms with Crippen LogP contribution >= 0.6 is 0 Å². The number of hydrogen-bond acceptors (Lipinski definition) is 5. The Kier molecular flexibility index (Phi) is 4.38. The molecule has 0 bridgehead atoms. The van der Waals surface area contributed by atoms with Crippen molar-refractivity contribution in [3.63, 3.8) is 0 Å². The van der Waals surface area contributed by atoms with Gasteiger partial charge in [-0.15, -0.1) is 0 Å². The van der Waals surface area contributed by atoms with E-state index in [1.807, 2.05) is 40.0 Å². The van der Waals surface area contributed by atoms with Crippen LogP contribution in [0.2, 0.25) is 0 Å². The number of rotatable bonds is 3. The van der Waals surface area contributed by atoms with Crippen LogP contribution in [0.5, 0.6) is 11.5 Å². The maximum atomic E-state index is 13.4. The van der Waals surface area contributed by atoms with Crippen molar-refractivity contribution < 1.29 is 19.1 Å². The van der Waals surface area contributed by atoms with Gasteiger partial charge in [-0.2, -0.15) is 0 Å². The predicted octanol–water partition coefficient (Wildman–Crippen LogP) is 1.82. The Morgan fingerprint density at radius 3 is 2.15 bits per heavy atom. The first-order valence-electron chi connectivity index (χ1n) is 8.70. The molecule has 0 radical (unpaired) electrons. The fourth-order valence-electron chi connectivity index (χ4n) is 4.03. The minimum atomic E-state index is -0.976. The van der Waals surface area contributed by atoms with E-state index in [2.05, 4.69) is 10.2 Å².